The molecule has 0 aliphatic heterocycles. The van der Waals surface area contributed by atoms with Crippen molar-refractivity contribution in [1.82, 2.24) is 4.98 Å². The average Bonchev–Trinajstić information content (AvgIpc) is 2.38. The summed E-state index contributed by atoms with van der Waals surface area (Å²) in [5.74, 6) is 0.626. The van der Waals surface area contributed by atoms with Gasteiger partial charge in [0.2, 0.25) is 5.88 Å². The SMILES string of the molecule is COC(=O)c1ccnc(Oc2cccc(I)c2)c1. The van der Waals surface area contributed by atoms with Crippen molar-refractivity contribution in [1.29, 1.82) is 0 Å². The molecule has 0 amide bonds. The van der Waals surface area contributed by atoms with Crippen molar-refractivity contribution in [3.05, 3.63) is 51.7 Å². The Morgan fingerprint density at radius 3 is 2.83 bits per heavy atom. The van der Waals surface area contributed by atoms with E-state index in [-0.39, 0.29) is 0 Å². The van der Waals surface area contributed by atoms with Crippen LogP contribution >= 0.6 is 22.6 Å². The van der Waals surface area contributed by atoms with E-state index in [0.29, 0.717) is 17.2 Å². The third-order valence-electron chi connectivity index (χ3n) is 2.17. The van der Waals surface area contributed by atoms with Crippen LogP contribution in [0.15, 0.2) is 42.6 Å². The molecule has 92 valence electrons. The number of pyridine rings is 1. The Labute approximate surface area is 118 Å². The molecule has 0 unspecified atom stereocenters. The lowest BCUT2D eigenvalue weighted by molar-refractivity contribution is 0.0600. The molecule has 0 aliphatic rings. The van der Waals surface area contributed by atoms with E-state index in [4.69, 9.17) is 4.74 Å². The molecule has 2 aromatic rings. The lowest BCUT2D eigenvalue weighted by Gasteiger charge is -2.06. The maximum atomic E-state index is 11.4. The van der Waals surface area contributed by atoms with E-state index in [2.05, 4.69) is 32.3 Å². The highest BCUT2D eigenvalue weighted by Crippen LogP contribution is 2.21. The fraction of sp³-hybridized carbons (Fsp3) is 0.0769. The van der Waals surface area contributed by atoms with Gasteiger partial charge in [0.25, 0.3) is 0 Å². The summed E-state index contributed by atoms with van der Waals surface area (Å²) in [7, 11) is 1.34. The number of hydrogen-bond acceptors (Lipinski definition) is 4. The number of esters is 1. The van der Waals surface area contributed by atoms with Crippen molar-refractivity contribution < 1.29 is 14.3 Å². The molecule has 0 N–H and O–H groups in total. The minimum atomic E-state index is -0.412. The van der Waals surface area contributed by atoms with Gasteiger partial charge in [0.15, 0.2) is 0 Å². The number of aromatic nitrogens is 1. The second-order valence-electron chi connectivity index (χ2n) is 3.43. The minimum Gasteiger partial charge on any atom is -0.465 e. The molecule has 0 spiro atoms. The summed E-state index contributed by atoms with van der Waals surface area (Å²) in [4.78, 5) is 15.4. The van der Waals surface area contributed by atoms with Crippen molar-refractivity contribution in [2.75, 3.05) is 7.11 Å². The Kier molecular flexibility index (Phi) is 4.14. The molecule has 0 bridgehead atoms. The van der Waals surface area contributed by atoms with Gasteiger partial charge in [-0.3, -0.25) is 0 Å². The van der Waals surface area contributed by atoms with Gasteiger partial charge in [0.05, 0.1) is 12.7 Å². The second kappa shape index (κ2) is 5.81. The third-order valence-corrected chi connectivity index (χ3v) is 2.85. The number of nitrogens with zero attached hydrogens (tertiary/aromatic N) is 1. The molecule has 2 rings (SSSR count). The molecule has 4 nitrogen and oxygen atoms in total. The number of methoxy groups -OCH3 is 1. The highest BCUT2D eigenvalue weighted by molar-refractivity contribution is 14.1. The molecule has 0 aliphatic carbocycles. The summed E-state index contributed by atoms with van der Waals surface area (Å²) < 4.78 is 11.3. The second-order valence-corrected chi connectivity index (χ2v) is 4.68. The summed E-state index contributed by atoms with van der Waals surface area (Å²) in [5.41, 5.74) is 0.410. The Morgan fingerprint density at radius 2 is 2.11 bits per heavy atom. The van der Waals surface area contributed by atoms with E-state index in [1.54, 1.807) is 12.1 Å². The van der Waals surface area contributed by atoms with Gasteiger partial charge in [-0.15, -0.1) is 0 Å². The van der Waals surface area contributed by atoms with Crippen LogP contribution in [-0.2, 0) is 4.74 Å². The number of carbonyl (C=O) groups excluding carboxylic acids is 1. The summed E-state index contributed by atoms with van der Waals surface area (Å²) in [6.07, 6.45) is 1.51. The van der Waals surface area contributed by atoms with Crippen LogP contribution in [0.4, 0.5) is 0 Å². The molecule has 18 heavy (non-hydrogen) atoms. The molecule has 0 saturated heterocycles. The van der Waals surface area contributed by atoms with Crippen molar-refractivity contribution in [3.63, 3.8) is 0 Å². The monoisotopic (exact) mass is 355 g/mol. The molecule has 1 aromatic heterocycles. The van der Waals surface area contributed by atoms with E-state index in [0.717, 1.165) is 3.57 Å². The molecule has 0 atom stereocenters. The summed E-state index contributed by atoms with van der Waals surface area (Å²) in [6.45, 7) is 0. The standard InChI is InChI=1S/C13H10INO3/c1-17-13(16)9-5-6-15-12(7-9)18-11-4-2-3-10(14)8-11/h2-8H,1H3. The molecular weight excluding hydrogens is 345 g/mol. The van der Waals surface area contributed by atoms with E-state index < -0.39 is 5.97 Å². The zero-order chi connectivity index (χ0) is 13.0. The van der Waals surface area contributed by atoms with Crippen molar-refractivity contribution in [2.24, 2.45) is 0 Å². The van der Waals surface area contributed by atoms with Crippen LogP contribution in [0.1, 0.15) is 10.4 Å². The lowest BCUT2D eigenvalue weighted by atomic mass is 10.3. The average molecular weight is 355 g/mol. The summed E-state index contributed by atoms with van der Waals surface area (Å²) >= 11 is 2.20. The number of benzene rings is 1. The fourth-order valence-electron chi connectivity index (χ4n) is 1.36. The lowest BCUT2D eigenvalue weighted by Crippen LogP contribution is -2.01. The molecule has 0 radical (unpaired) electrons. The van der Waals surface area contributed by atoms with Gasteiger partial charge in [0.1, 0.15) is 5.75 Å². The van der Waals surface area contributed by atoms with Crippen LogP contribution in [0, 0.1) is 3.57 Å². The molecular formula is C13H10INO3. The molecule has 0 saturated carbocycles. The Balaban J connectivity index is 2.22. The maximum absolute atomic E-state index is 11.4. The van der Waals surface area contributed by atoms with Crippen LogP contribution in [-0.4, -0.2) is 18.1 Å². The van der Waals surface area contributed by atoms with Gasteiger partial charge >= 0.3 is 5.97 Å². The highest BCUT2D eigenvalue weighted by atomic mass is 127. The van der Waals surface area contributed by atoms with Crippen LogP contribution in [0.3, 0.4) is 0 Å². The van der Waals surface area contributed by atoms with E-state index in [1.807, 2.05) is 24.3 Å². The zero-order valence-electron chi connectivity index (χ0n) is 9.59. The highest BCUT2D eigenvalue weighted by Gasteiger charge is 2.07. The number of hydrogen-bond donors (Lipinski definition) is 0. The first-order valence-electron chi connectivity index (χ1n) is 5.17. The minimum absolute atomic E-state index is 0.361. The number of ether oxygens (including phenoxy) is 2. The quantitative estimate of drug-likeness (QED) is 0.627. The first-order valence-corrected chi connectivity index (χ1v) is 6.25. The van der Waals surface area contributed by atoms with Gasteiger partial charge in [-0.05, 0) is 46.9 Å². The normalized spacial score (nSPS) is 9.89. The smallest absolute Gasteiger partial charge is 0.338 e. The predicted octanol–water partition coefficient (Wildman–Crippen LogP) is 3.27. The van der Waals surface area contributed by atoms with Gasteiger partial charge in [-0.2, -0.15) is 0 Å². The topological polar surface area (TPSA) is 48.4 Å². The van der Waals surface area contributed by atoms with Crippen molar-refractivity contribution >= 4 is 28.6 Å². The fourth-order valence-corrected chi connectivity index (χ4v) is 1.88. The Morgan fingerprint density at radius 1 is 1.28 bits per heavy atom. The number of rotatable bonds is 3. The van der Waals surface area contributed by atoms with Gasteiger partial charge < -0.3 is 9.47 Å². The van der Waals surface area contributed by atoms with E-state index in [9.17, 15) is 4.79 Å². The largest absolute Gasteiger partial charge is 0.465 e. The van der Waals surface area contributed by atoms with Gasteiger partial charge in [-0.1, -0.05) is 6.07 Å². The van der Waals surface area contributed by atoms with Gasteiger partial charge in [0, 0.05) is 15.8 Å². The van der Waals surface area contributed by atoms with E-state index >= 15 is 0 Å². The van der Waals surface area contributed by atoms with Crippen LogP contribution in [0.5, 0.6) is 11.6 Å². The molecule has 1 heterocycles. The molecule has 1 aromatic carbocycles. The summed E-state index contributed by atoms with van der Waals surface area (Å²) in [5, 5.41) is 0. The van der Waals surface area contributed by atoms with Gasteiger partial charge in [-0.25, -0.2) is 9.78 Å². The Bertz CT molecular complexity index is 572. The first kappa shape index (κ1) is 12.8. The summed E-state index contributed by atoms with van der Waals surface area (Å²) in [6, 6.07) is 10.7. The molecule has 0 fully saturated rings. The van der Waals surface area contributed by atoms with Crippen molar-refractivity contribution in [2.45, 2.75) is 0 Å². The van der Waals surface area contributed by atoms with Crippen molar-refractivity contribution in [3.8, 4) is 11.6 Å². The number of carbonyl (C=O) groups is 1. The maximum Gasteiger partial charge on any atom is 0.338 e. The third kappa shape index (κ3) is 3.19. The van der Waals surface area contributed by atoms with Crippen LogP contribution < -0.4 is 4.74 Å². The number of halogens is 1. The van der Waals surface area contributed by atoms with Crippen LogP contribution in [0.2, 0.25) is 0 Å². The van der Waals surface area contributed by atoms with Crippen LogP contribution in [0.25, 0.3) is 0 Å². The predicted molar refractivity (Wildman–Crippen MR) is 74.8 cm³/mol. The zero-order valence-corrected chi connectivity index (χ0v) is 11.7. The van der Waals surface area contributed by atoms with E-state index in [1.165, 1.54) is 13.3 Å². The molecule has 5 heteroatoms. The first-order chi connectivity index (χ1) is 8.69. The Hall–Kier alpha value is -1.63.